The summed E-state index contributed by atoms with van der Waals surface area (Å²) in [5.41, 5.74) is 0.488. The first-order valence-corrected chi connectivity index (χ1v) is 7.17. The number of halogens is 1. The van der Waals surface area contributed by atoms with Crippen LogP contribution in [0.25, 0.3) is 0 Å². The minimum absolute atomic E-state index is 0.461. The van der Waals surface area contributed by atoms with Crippen LogP contribution in [0.1, 0.15) is 31.7 Å². The fraction of sp³-hybridized carbons (Fsp3) is 0.571. The van der Waals surface area contributed by atoms with Gasteiger partial charge in [-0.3, -0.25) is 0 Å². The van der Waals surface area contributed by atoms with Crippen LogP contribution in [0.5, 0.6) is 0 Å². The lowest BCUT2D eigenvalue weighted by atomic mass is 10.0. The third kappa shape index (κ3) is 3.37. The molecule has 0 aromatic carbocycles. The Kier molecular flexibility index (Phi) is 5.00. The van der Waals surface area contributed by atoms with Gasteiger partial charge in [0.2, 0.25) is 0 Å². The topological polar surface area (TPSA) is 52.0 Å². The molecule has 1 aromatic rings. The number of pyridine rings is 1. The molecule has 1 fully saturated rings. The molecule has 19 heavy (non-hydrogen) atoms. The molecule has 0 bridgehead atoms. The third-order valence-electron chi connectivity index (χ3n) is 3.53. The SMILES string of the molecule is CCN(CC1CCCCN1)c1nccc(C#N)c1Cl. The second-order valence-electron chi connectivity index (χ2n) is 4.79. The molecule has 2 heterocycles. The predicted molar refractivity (Wildman–Crippen MR) is 77.5 cm³/mol. The summed E-state index contributed by atoms with van der Waals surface area (Å²) < 4.78 is 0. The summed E-state index contributed by atoms with van der Waals surface area (Å²) in [5, 5.41) is 13.0. The maximum atomic E-state index is 9.03. The maximum Gasteiger partial charge on any atom is 0.148 e. The molecule has 4 nitrogen and oxygen atoms in total. The highest BCUT2D eigenvalue weighted by molar-refractivity contribution is 6.34. The van der Waals surface area contributed by atoms with E-state index in [1.54, 1.807) is 12.3 Å². The van der Waals surface area contributed by atoms with Gasteiger partial charge in [0.05, 0.1) is 5.56 Å². The van der Waals surface area contributed by atoms with E-state index in [0.717, 1.165) is 25.5 Å². The van der Waals surface area contributed by atoms with Crippen LogP contribution in [-0.4, -0.2) is 30.7 Å². The number of nitrogens with one attached hydrogen (secondary N) is 1. The van der Waals surface area contributed by atoms with Crippen LogP contribution < -0.4 is 10.2 Å². The van der Waals surface area contributed by atoms with Crippen LogP contribution in [0.3, 0.4) is 0 Å². The summed E-state index contributed by atoms with van der Waals surface area (Å²) in [5.74, 6) is 0.718. The fourth-order valence-electron chi connectivity index (χ4n) is 2.45. The third-order valence-corrected chi connectivity index (χ3v) is 3.90. The second kappa shape index (κ2) is 6.74. The number of hydrogen-bond donors (Lipinski definition) is 1. The number of aromatic nitrogens is 1. The number of nitrogens with zero attached hydrogens (tertiary/aromatic N) is 3. The Bertz CT molecular complexity index is 463. The average molecular weight is 279 g/mol. The summed E-state index contributed by atoms with van der Waals surface area (Å²) in [6.07, 6.45) is 5.36. The first-order valence-electron chi connectivity index (χ1n) is 6.79. The molecule has 0 spiro atoms. The largest absolute Gasteiger partial charge is 0.354 e. The van der Waals surface area contributed by atoms with Crippen molar-refractivity contribution in [2.45, 2.75) is 32.2 Å². The van der Waals surface area contributed by atoms with E-state index in [-0.39, 0.29) is 0 Å². The lowest BCUT2D eigenvalue weighted by Gasteiger charge is -2.31. The van der Waals surface area contributed by atoms with Gasteiger partial charge in [0.1, 0.15) is 16.9 Å². The van der Waals surface area contributed by atoms with Gasteiger partial charge in [-0.15, -0.1) is 0 Å². The maximum absolute atomic E-state index is 9.03. The zero-order valence-electron chi connectivity index (χ0n) is 11.2. The Morgan fingerprint density at radius 1 is 1.58 bits per heavy atom. The first-order chi connectivity index (χ1) is 9.26. The summed E-state index contributed by atoms with van der Waals surface area (Å²) in [7, 11) is 0. The van der Waals surface area contributed by atoms with Gasteiger partial charge in [0, 0.05) is 25.3 Å². The molecule has 5 heteroatoms. The molecule has 0 amide bonds. The quantitative estimate of drug-likeness (QED) is 0.920. The van der Waals surface area contributed by atoms with E-state index in [1.165, 1.54) is 19.3 Å². The molecule has 1 aliphatic rings. The van der Waals surface area contributed by atoms with Crippen molar-refractivity contribution >= 4 is 17.4 Å². The number of anilines is 1. The normalized spacial score (nSPS) is 18.9. The van der Waals surface area contributed by atoms with Crippen molar-refractivity contribution in [2.24, 2.45) is 0 Å². The van der Waals surface area contributed by atoms with E-state index < -0.39 is 0 Å². The van der Waals surface area contributed by atoms with Crippen molar-refractivity contribution in [3.63, 3.8) is 0 Å². The Morgan fingerprint density at radius 2 is 2.42 bits per heavy atom. The molecular formula is C14H19ClN4. The first kappa shape index (κ1) is 14.1. The van der Waals surface area contributed by atoms with E-state index in [9.17, 15) is 0 Å². The summed E-state index contributed by atoms with van der Waals surface area (Å²) in [4.78, 5) is 6.48. The van der Waals surface area contributed by atoms with Crippen LogP contribution in [0.2, 0.25) is 5.02 Å². The zero-order chi connectivity index (χ0) is 13.7. The molecule has 0 aliphatic carbocycles. The minimum Gasteiger partial charge on any atom is -0.354 e. The lowest BCUT2D eigenvalue weighted by Crippen LogP contribution is -2.44. The Labute approximate surface area is 119 Å². The molecule has 1 aromatic heterocycles. The predicted octanol–water partition coefficient (Wildman–Crippen LogP) is 2.58. The van der Waals surface area contributed by atoms with Gasteiger partial charge >= 0.3 is 0 Å². The van der Waals surface area contributed by atoms with Crippen molar-refractivity contribution in [1.82, 2.24) is 10.3 Å². The van der Waals surface area contributed by atoms with Gasteiger partial charge in [0.15, 0.2) is 0 Å². The van der Waals surface area contributed by atoms with E-state index in [2.05, 4.69) is 28.2 Å². The minimum atomic E-state index is 0.461. The monoisotopic (exact) mass is 278 g/mol. The average Bonchev–Trinajstić information content (AvgIpc) is 2.46. The molecule has 1 unspecified atom stereocenters. The highest BCUT2D eigenvalue weighted by Crippen LogP contribution is 2.26. The van der Waals surface area contributed by atoms with Crippen LogP contribution in [-0.2, 0) is 0 Å². The number of piperidine rings is 1. The van der Waals surface area contributed by atoms with Crippen LogP contribution in [0, 0.1) is 11.3 Å². The molecule has 1 aliphatic heterocycles. The standard InChI is InChI=1S/C14H19ClN4/c1-2-19(10-12-5-3-4-7-17-12)14-13(15)11(9-16)6-8-18-14/h6,8,12,17H,2-5,7,10H2,1H3. The zero-order valence-corrected chi connectivity index (χ0v) is 12.0. The molecule has 1 saturated heterocycles. The van der Waals surface area contributed by atoms with Crippen molar-refractivity contribution in [3.8, 4) is 6.07 Å². The van der Waals surface area contributed by atoms with E-state index in [4.69, 9.17) is 16.9 Å². The van der Waals surface area contributed by atoms with Crippen LogP contribution >= 0.6 is 11.6 Å². The summed E-state index contributed by atoms with van der Waals surface area (Å²) >= 11 is 6.25. The number of nitriles is 1. The smallest absolute Gasteiger partial charge is 0.148 e. The molecular weight excluding hydrogens is 260 g/mol. The Morgan fingerprint density at radius 3 is 3.05 bits per heavy atom. The molecule has 0 radical (unpaired) electrons. The Balaban J connectivity index is 2.15. The second-order valence-corrected chi connectivity index (χ2v) is 5.17. The molecule has 102 valence electrons. The van der Waals surface area contributed by atoms with Crippen molar-refractivity contribution < 1.29 is 0 Å². The van der Waals surface area contributed by atoms with Gasteiger partial charge in [-0.1, -0.05) is 18.0 Å². The van der Waals surface area contributed by atoms with Crippen LogP contribution in [0.15, 0.2) is 12.3 Å². The number of hydrogen-bond acceptors (Lipinski definition) is 4. The molecule has 0 saturated carbocycles. The molecule has 1 N–H and O–H groups in total. The van der Waals surface area contributed by atoms with Crippen molar-refractivity contribution in [1.29, 1.82) is 5.26 Å². The van der Waals surface area contributed by atoms with E-state index >= 15 is 0 Å². The van der Waals surface area contributed by atoms with Gasteiger partial charge in [-0.25, -0.2) is 4.98 Å². The van der Waals surface area contributed by atoms with Gasteiger partial charge in [-0.05, 0) is 32.4 Å². The fourth-order valence-corrected chi connectivity index (χ4v) is 2.72. The van der Waals surface area contributed by atoms with Gasteiger partial charge < -0.3 is 10.2 Å². The molecule has 2 rings (SSSR count). The van der Waals surface area contributed by atoms with Crippen molar-refractivity contribution in [2.75, 3.05) is 24.5 Å². The van der Waals surface area contributed by atoms with E-state index in [1.807, 2.05) is 0 Å². The van der Waals surface area contributed by atoms with Crippen molar-refractivity contribution in [3.05, 3.63) is 22.8 Å². The number of likely N-dealkylation sites (N-methyl/N-ethyl adjacent to an activating group) is 1. The number of rotatable bonds is 4. The van der Waals surface area contributed by atoms with E-state index in [0.29, 0.717) is 16.6 Å². The van der Waals surface area contributed by atoms with Gasteiger partial charge in [-0.2, -0.15) is 5.26 Å². The van der Waals surface area contributed by atoms with Gasteiger partial charge in [0.25, 0.3) is 0 Å². The highest BCUT2D eigenvalue weighted by Gasteiger charge is 2.19. The lowest BCUT2D eigenvalue weighted by molar-refractivity contribution is 0.399. The highest BCUT2D eigenvalue weighted by atomic mass is 35.5. The Hall–Kier alpha value is -1.31. The van der Waals surface area contributed by atoms with Crippen LogP contribution in [0.4, 0.5) is 5.82 Å². The summed E-state index contributed by atoms with van der Waals surface area (Å²) in [6.45, 7) is 4.89. The molecule has 1 atom stereocenters. The summed E-state index contributed by atoms with van der Waals surface area (Å²) in [6, 6.07) is 4.24.